The topological polar surface area (TPSA) is 20.2 Å². The van der Waals surface area contributed by atoms with Crippen molar-refractivity contribution in [2.75, 3.05) is 0 Å². The predicted molar refractivity (Wildman–Crippen MR) is 69.3 cm³/mol. The first kappa shape index (κ1) is 13.2. The Morgan fingerprint density at radius 1 is 1.06 bits per heavy atom. The van der Waals surface area contributed by atoms with Crippen LogP contribution in [0.25, 0.3) is 0 Å². The van der Waals surface area contributed by atoms with E-state index in [2.05, 4.69) is 15.9 Å². The molecule has 0 saturated heterocycles. The van der Waals surface area contributed by atoms with Gasteiger partial charge in [0.1, 0.15) is 6.10 Å². The van der Waals surface area contributed by atoms with Crippen molar-refractivity contribution in [3.63, 3.8) is 0 Å². The molecule has 1 unspecified atom stereocenters. The van der Waals surface area contributed by atoms with Crippen LogP contribution in [0.2, 0.25) is 0 Å². The second-order valence-electron chi connectivity index (χ2n) is 4.00. The summed E-state index contributed by atoms with van der Waals surface area (Å²) in [4.78, 5) is 0. The monoisotopic (exact) mass is 312 g/mol. The summed E-state index contributed by atoms with van der Waals surface area (Å²) in [6, 6.07) is 9.04. The van der Waals surface area contributed by atoms with E-state index in [9.17, 15) is 13.9 Å². The first-order chi connectivity index (χ1) is 8.52. The SMILES string of the molecule is Cc1c(Br)cccc1C(O)c1cccc(F)c1F. The molecule has 0 heterocycles. The molecule has 0 aliphatic rings. The lowest BCUT2D eigenvalue weighted by molar-refractivity contribution is 0.212. The molecular weight excluding hydrogens is 302 g/mol. The van der Waals surface area contributed by atoms with Crippen LogP contribution in [0.5, 0.6) is 0 Å². The number of halogens is 3. The molecule has 0 fully saturated rings. The third-order valence-electron chi connectivity index (χ3n) is 2.88. The van der Waals surface area contributed by atoms with E-state index in [0.717, 1.165) is 16.1 Å². The Hall–Kier alpha value is -1.26. The van der Waals surface area contributed by atoms with Gasteiger partial charge in [-0.15, -0.1) is 0 Å². The quantitative estimate of drug-likeness (QED) is 0.884. The number of aliphatic hydroxyl groups is 1. The molecule has 0 spiro atoms. The van der Waals surface area contributed by atoms with Crippen molar-refractivity contribution in [1.29, 1.82) is 0 Å². The normalized spacial score (nSPS) is 12.5. The van der Waals surface area contributed by atoms with Crippen molar-refractivity contribution in [2.45, 2.75) is 13.0 Å². The first-order valence-electron chi connectivity index (χ1n) is 5.39. The number of aliphatic hydroxyl groups excluding tert-OH is 1. The van der Waals surface area contributed by atoms with E-state index in [1.807, 2.05) is 6.07 Å². The summed E-state index contributed by atoms with van der Waals surface area (Å²) in [6.07, 6.45) is -1.18. The minimum Gasteiger partial charge on any atom is -0.384 e. The number of hydrogen-bond donors (Lipinski definition) is 1. The lowest BCUT2D eigenvalue weighted by Gasteiger charge is -2.16. The Balaban J connectivity index is 2.51. The fourth-order valence-corrected chi connectivity index (χ4v) is 2.20. The summed E-state index contributed by atoms with van der Waals surface area (Å²) in [6.45, 7) is 1.81. The Kier molecular flexibility index (Phi) is 3.78. The molecule has 0 amide bonds. The van der Waals surface area contributed by atoms with E-state index in [-0.39, 0.29) is 5.56 Å². The van der Waals surface area contributed by atoms with E-state index in [1.54, 1.807) is 19.1 Å². The largest absolute Gasteiger partial charge is 0.384 e. The van der Waals surface area contributed by atoms with E-state index >= 15 is 0 Å². The minimum absolute atomic E-state index is 0.0591. The average molecular weight is 313 g/mol. The van der Waals surface area contributed by atoms with Crippen molar-refractivity contribution >= 4 is 15.9 Å². The van der Waals surface area contributed by atoms with Crippen molar-refractivity contribution in [3.8, 4) is 0 Å². The zero-order valence-corrected chi connectivity index (χ0v) is 11.2. The maximum atomic E-state index is 13.6. The van der Waals surface area contributed by atoms with Crippen LogP contribution >= 0.6 is 15.9 Å². The highest BCUT2D eigenvalue weighted by atomic mass is 79.9. The molecule has 1 N–H and O–H groups in total. The highest BCUT2D eigenvalue weighted by Crippen LogP contribution is 2.30. The molecule has 2 rings (SSSR count). The first-order valence-corrected chi connectivity index (χ1v) is 6.18. The highest BCUT2D eigenvalue weighted by molar-refractivity contribution is 9.10. The third-order valence-corrected chi connectivity index (χ3v) is 3.74. The summed E-state index contributed by atoms with van der Waals surface area (Å²) in [5, 5.41) is 10.2. The van der Waals surface area contributed by atoms with Gasteiger partial charge in [0.05, 0.1) is 0 Å². The molecule has 94 valence electrons. The average Bonchev–Trinajstić information content (AvgIpc) is 2.35. The molecule has 18 heavy (non-hydrogen) atoms. The third kappa shape index (κ3) is 2.31. The van der Waals surface area contributed by atoms with Gasteiger partial charge in [-0.25, -0.2) is 8.78 Å². The maximum absolute atomic E-state index is 13.6. The van der Waals surface area contributed by atoms with Gasteiger partial charge in [-0.05, 0) is 30.2 Å². The Morgan fingerprint density at radius 2 is 1.67 bits per heavy atom. The molecule has 0 radical (unpaired) electrons. The van der Waals surface area contributed by atoms with Gasteiger partial charge in [0.15, 0.2) is 11.6 Å². The molecule has 0 aliphatic heterocycles. The van der Waals surface area contributed by atoms with Gasteiger partial charge in [-0.2, -0.15) is 0 Å². The lowest BCUT2D eigenvalue weighted by atomic mass is 9.97. The second-order valence-corrected chi connectivity index (χ2v) is 4.85. The molecule has 0 bridgehead atoms. The molecule has 1 atom stereocenters. The van der Waals surface area contributed by atoms with Gasteiger partial charge in [0.2, 0.25) is 0 Å². The number of benzene rings is 2. The molecule has 0 aromatic heterocycles. The molecule has 2 aromatic rings. The van der Waals surface area contributed by atoms with Gasteiger partial charge in [-0.1, -0.05) is 40.2 Å². The van der Waals surface area contributed by atoms with Crippen LogP contribution in [-0.4, -0.2) is 5.11 Å². The standard InChI is InChI=1S/C14H11BrF2O/c1-8-9(4-2-6-11(8)15)14(18)10-5-3-7-12(16)13(10)17/h2-7,14,18H,1H3. The van der Waals surface area contributed by atoms with Gasteiger partial charge in [0, 0.05) is 10.0 Å². The highest BCUT2D eigenvalue weighted by Gasteiger charge is 2.19. The number of hydrogen-bond acceptors (Lipinski definition) is 1. The molecule has 2 aromatic carbocycles. The molecule has 4 heteroatoms. The van der Waals surface area contributed by atoms with Crippen molar-refractivity contribution < 1.29 is 13.9 Å². The summed E-state index contributed by atoms with van der Waals surface area (Å²) in [5.41, 5.74) is 1.29. The minimum atomic E-state index is -1.18. The van der Waals surface area contributed by atoms with E-state index in [4.69, 9.17) is 0 Å². The smallest absolute Gasteiger partial charge is 0.164 e. The molecule has 1 nitrogen and oxygen atoms in total. The zero-order chi connectivity index (χ0) is 13.3. The summed E-state index contributed by atoms with van der Waals surface area (Å²) < 4.78 is 27.6. The zero-order valence-electron chi connectivity index (χ0n) is 9.62. The van der Waals surface area contributed by atoms with Gasteiger partial charge >= 0.3 is 0 Å². The lowest BCUT2D eigenvalue weighted by Crippen LogP contribution is -2.06. The maximum Gasteiger partial charge on any atom is 0.164 e. The van der Waals surface area contributed by atoms with Crippen LogP contribution in [0.1, 0.15) is 22.8 Å². The molecule has 0 aliphatic carbocycles. The van der Waals surface area contributed by atoms with Crippen LogP contribution in [0.3, 0.4) is 0 Å². The van der Waals surface area contributed by atoms with Crippen molar-refractivity contribution in [3.05, 3.63) is 69.2 Å². The van der Waals surface area contributed by atoms with E-state index in [0.29, 0.717) is 5.56 Å². The van der Waals surface area contributed by atoms with Crippen LogP contribution in [-0.2, 0) is 0 Å². The molecule has 0 saturated carbocycles. The predicted octanol–water partition coefficient (Wildman–Crippen LogP) is 4.12. The molecular formula is C14H11BrF2O. The van der Waals surface area contributed by atoms with E-state index < -0.39 is 17.7 Å². The number of rotatable bonds is 2. The Morgan fingerprint density at radius 3 is 2.39 bits per heavy atom. The second kappa shape index (κ2) is 5.16. The van der Waals surface area contributed by atoms with Gasteiger partial charge in [0.25, 0.3) is 0 Å². The summed E-state index contributed by atoms with van der Waals surface area (Å²) in [7, 11) is 0. The Labute approximate surface area is 112 Å². The summed E-state index contributed by atoms with van der Waals surface area (Å²) >= 11 is 3.34. The Bertz CT molecular complexity index is 533. The van der Waals surface area contributed by atoms with Crippen molar-refractivity contribution in [1.82, 2.24) is 0 Å². The van der Waals surface area contributed by atoms with Crippen LogP contribution in [0.15, 0.2) is 40.9 Å². The van der Waals surface area contributed by atoms with Crippen molar-refractivity contribution in [2.24, 2.45) is 0 Å². The fourth-order valence-electron chi connectivity index (χ4n) is 1.82. The van der Waals surface area contributed by atoms with Crippen LogP contribution in [0, 0.1) is 18.6 Å². The van der Waals surface area contributed by atoms with Crippen LogP contribution < -0.4 is 0 Å². The van der Waals surface area contributed by atoms with Crippen LogP contribution in [0.4, 0.5) is 8.78 Å². The van der Waals surface area contributed by atoms with Gasteiger partial charge < -0.3 is 5.11 Å². The summed E-state index contributed by atoms with van der Waals surface area (Å²) in [5.74, 6) is -1.97. The van der Waals surface area contributed by atoms with Gasteiger partial charge in [-0.3, -0.25) is 0 Å². The fraction of sp³-hybridized carbons (Fsp3) is 0.143. The van der Waals surface area contributed by atoms with E-state index in [1.165, 1.54) is 12.1 Å².